The van der Waals surface area contributed by atoms with E-state index in [1.54, 1.807) is 13.8 Å². The Morgan fingerprint density at radius 3 is 2.45 bits per heavy atom. The first-order valence-electron chi connectivity index (χ1n) is 6.36. The Morgan fingerprint density at radius 2 is 1.90 bits per heavy atom. The van der Waals surface area contributed by atoms with Crippen molar-refractivity contribution in [3.63, 3.8) is 0 Å². The zero-order valence-corrected chi connectivity index (χ0v) is 11.9. The van der Waals surface area contributed by atoms with E-state index < -0.39 is 48.5 Å². The van der Waals surface area contributed by atoms with Gasteiger partial charge in [-0.3, -0.25) is 4.79 Å². The maximum atomic E-state index is 11.4. The number of hydrogen-bond donors (Lipinski definition) is 2. The topological polar surface area (TPSA) is 109 Å². The van der Waals surface area contributed by atoms with Gasteiger partial charge in [0, 0.05) is 7.11 Å². The summed E-state index contributed by atoms with van der Waals surface area (Å²) in [6.07, 6.45) is -3.86. The molecular weight excluding hydrogens is 270 g/mol. The average molecular weight is 291 g/mol. The second-order valence-corrected chi connectivity index (χ2v) is 5.31. The predicted octanol–water partition coefficient (Wildman–Crippen LogP) is -1.26. The molecule has 6 atom stereocenters. The van der Waals surface area contributed by atoms with E-state index >= 15 is 0 Å². The highest BCUT2D eigenvalue weighted by Gasteiger charge is 2.58. The molecule has 8 nitrogen and oxygen atoms in total. The smallest absolute Gasteiger partial charge is 0.325 e. The Morgan fingerprint density at radius 1 is 1.30 bits per heavy atom. The normalized spacial score (nSPS) is 38.3. The summed E-state index contributed by atoms with van der Waals surface area (Å²) in [5, 5.41) is 10.2. The van der Waals surface area contributed by atoms with Crippen molar-refractivity contribution in [3.05, 3.63) is 0 Å². The molecule has 0 unspecified atom stereocenters. The van der Waals surface area contributed by atoms with Crippen LogP contribution in [0.1, 0.15) is 13.8 Å². The van der Waals surface area contributed by atoms with E-state index in [1.807, 2.05) is 0 Å². The van der Waals surface area contributed by atoms with Crippen LogP contribution in [-0.2, 0) is 28.5 Å². The number of rotatable bonds is 4. The number of carbonyl (C=O) groups is 1. The first-order valence-corrected chi connectivity index (χ1v) is 6.36. The molecule has 0 radical (unpaired) electrons. The molecule has 0 bridgehead atoms. The average Bonchev–Trinajstić information content (AvgIpc) is 2.88. The van der Waals surface area contributed by atoms with Crippen LogP contribution in [0, 0.1) is 0 Å². The van der Waals surface area contributed by atoms with E-state index in [2.05, 4.69) is 4.74 Å². The number of fused-ring (bicyclic) bond motifs is 1. The van der Waals surface area contributed by atoms with Crippen LogP contribution in [0.3, 0.4) is 0 Å². The molecule has 0 aromatic rings. The lowest BCUT2D eigenvalue weighted by Crippen LogP contribution is -2.52. The molecule has 8 heteroatoms. The molecule has 2 saturated heterocycles. The summed E-state index contributed by atoms with van der Waals surface area (Å²) in [4.78, 5) is 11.4. The summed E-state index contributed by atoms with van der Waals surface area (Å²) in [5.41, 5.74) is 5.65. The zero-order chi connectivity index (χ0) is 15.1. The summed E-state index contributed by atoms with van der Waals surface area (Å²) in [6.45, 7) is 3.50. The number of esters is 1. The van der Waals surface area contributed by atoms with E-state index in [-0.39, 0.29) is 0 Å². The molecule has 2 heterocycles. The molecule has 0 amide bonds. The fraction of sp³-hybridized carbons (Fsp3) is 0.917. The molecule has 0 aromatic heterocycles. The van der Waals surface area contributed by atoms with Gasteiger partial charge in [-0.15, -0.1) is 0 Å². The van der Waals surface area contributed by atoms with Gasteiger partial charge in [0.1, 0.15) is 30.5 Å². The summed E-state index contributed by atoms with van der Waals surface area (Å²) in [5.74, 6) is -1.54. The van der Waals surface area contributed by atoms with Gasteiger partial charge in [0.25, 0.3) is 0 Å². The monoisotopic (exact) mass is 291 g/mol. The third-order valence-electron chi connectivity index (χ3n) is 3.46. The van der Waals surface area contributed by atoms with Crippen molar-refractivity contribution in [1.82, 2.24) is 0 Å². The number of hydrogen-bond acceptors (Lipinski definition) is 8. The van der Waals surface area contributed by atoms with E-state index in [1.165, 1.54) is 14.2 Å². The molecule has 2 aliphatic rings. The lowest BCUT2D eigenvalue weighted by atomic mass is 10.0. The summed E-state index contributed by atoms with van der Waals surface area (Å²) < 4.78 is 26.6. The van der Waals surface area contributed by atoms with Crippen molar-refractivity contribution >= 4 is 5.97 Å². The van der Waals surface area contributed by atoms with Crippen molar-refractivity contribution in [2.24, 2.45) is 5.73 Å². The van der Waals surface area contributed by atoms with Gasteiger partial charge in [-0.05, 0) is 13.8 Å². The fourth-order valence-electron chi connectivity index (χ4n) is 2.54. The number of aliphatic hydroxyl groups excluding tert-OH is 1. The van der Waals surface area contributed by atoms with Crippen molar-refractivity contribution in [2.75, 3.05) is 14.2 Å². The minimum atomic E-state index is -1.28. The van der Waals surface area contributed by atoms with Crippen LogP contribution in [-0.4, -0.2) is 67.8 Å². The lowest BCUT2D eigenvalue weighted by Gasteiger charge is -2.27. The number of ether oxygens (including phenoxy) is 5. The molecule has 0 saturated carbocycles. The van der Waals surface area contributed by atoms with Gasteiger partial charge in [-0.25, -0.2) is 0 Å². The molecule has 2 rings (SSSR count). The highest BCUT2D eigenvalue weighted by atomic mass is 16.8. The van der Waals surface area contributed by atoms with E-state index in [0.29, 0.717) is 0 Å². The minimum absolute atomic E-state index is 0.487. The fourth-order valence-corrected chi connectivity index (χ4v) is 2.54. The van der Waals surface area contributed by atoms with Crippen molar-refractivity contribution in [3.8, 4) is 0 Å². The summed E-state index contributed by atoms with van der Waals surface area (Å²) >= 11 is 0. The van der Waals surface area contributed by atoms with Crippen LogP contribution in [0.15, 0.2) is 0 Å². The predicted molar refractivity (Wildman–Crippen MR) is 65.5 cm³/mol. The number of aliphatic hydroxyl groups is 1. The Bertz CT molecular complexity index is 375. The first-order chi connectivity index (χ1) is 9.30. The van der Waals surface area contributed by atoms with Gasteiger partial charge < -0.3 is 34.5 Å². The molecule has 0 aromatic carbocycles. The second kappa shape index (κ2) is 5.55. The van der Waals surface area contributed by atoms with E-state index in [4.69, 9.17) is 24.7 Å². The summed E-state index contributed by atoms with van der Waals surface area (Å²) in [7, 11) is 2.66. The third kappa shape index (κ3) is 2.67. The molecule has 116 valence electrons. The third-order valence-corrected chi connectivity index (χ3v) is 3.46. The molecule has 0 aliphatic carbocycles. The van der Waals surface area contributed by atoms with Gasteiger partial charge >= 0.3 is 5.97 Å². The number of nitrogens with two attached hydrogens (primary N) is 1. The second-order valence-electron chi connectivity index (χ2n) is 5.31. The molecule has 0 spiro atoms. The Balaban J connectivity index is 2.14. The lowest BCUT2D eigenvalue weighted by molar-refractivity contribution is -0.238. The molecule has 3 N–H and O–H groups in total. The molecule has 20 heavy (non-hydrogen) atoms. The Kier molecular flexibility index (Phi) is 4.33. The van der Waals surface area contributed by atoms with Crippen molar-refractivity contribution < 1.29 is 33.6 Å². The molecule has 2 fully saturated rings. The highest BCUT2D eigenvalue weighted by molar-refractivity contribution is 5.76. The Hall–Kier alpha value is -0.770. The van der Waals surface area contributed by atoms with Crippen molar-refractivity contribution in [1.29, 1.82) is 0 Å². The van der Waals surface area contributed by atoms with Crippen LogP contribution < -0.4 is 5.73 Å². The van der Waals surface area contributed by atoms with Crippen LogP contribution in [0.5, 0.6) is 0 Å². The SMILES string of the molecule is COC(=O)[C@H](N)[C@H](O)[C@H]1O[C@@H](OC)[C@@H]2OC(C)(C)O[C@H]12. The van der Waals surface area contributed by atoms with E-state index in [9.17, 15) is 9.90 Å². The van der Waals surface area contributed by atoms with Crippen LogP contribution in [0.4, 0.5) is 0 Å². The van der Waals surface area contributed by atoms with Crippen LogP contribution in [0.2, 0.25) is 0 Å². The van der Waals surface area contributed by atoms with Gasteiger partial charge in [0.05, 0.1) is 7.11 Å². The van der Waals surface area contributed by atoms with Crippen LogP contribution in [0.25, 0.3) is 0 Å². The molecular formula is C12H21NO7. The van der Waals surface area contributed by atoms with Crippen LogP contribution >= 0.6 is 0 Å². The maximum absolute atomic E-state index is 11.4. The number of methoxy groups -OCH3 is 2. The van der Waals surface area contributed by atoms with Crippen molar-refractivity contribution in [2.45, 2.75) is 56.4 Å². The largest absolute Gasteiger partial charge is 0.468 e. The van der Waals surface area contributed by atoms with Gasteiger partial charge in [0.15, 0.2) is 12.1 Å². The van der Waals surface area contributed by atoms with Gasteiger partial charge in [0.2, 0.25) is 0 Å². The van der Waals surface area contributed by atoms with E-state index in [0.717, 1.165) is 0 Å². The highest BCUT2D eigenvalue weighted by Crippen LogP contribution is 2.40. The number of carbonyl (C=O) groups excluding carboxylic acids is 1. The quantitative estimate of drug-likeness (QED) is 0.618. The zero-order valence-electron chi connectivity index (χ0n) is 11.9. The standard InChI is InChI=1S/C12H21NO7/c1-12(2)19-8-7(6(14)5(13)10(15)16-3)18-11(17-4)9(8)20-12/h5-9,11,14H,13H2,1-4H3/t5-,6+,7-,8-,9-,11-/m1/s1. The van der Waals surface area contributed by atoms with Gasteiger partial charge in [-0.2, -0.15) is 0 Å². The first kappa shape index (κ1) is 15.6. The maximum Gasteiger partial charge on any atom is 0.325 e. The summed E-state index contributed by atoms with van der Waals surface area (Å²) in [6, 6.07) is -1.23. The Labute approximate surface area is 117 Å². The van der Waals surface area contributed by atoms with Gasteiger partial charge in [-0.1, -0.05) is 0 Å². The minimum Gasteiger partial charge on any atom is -0.468 e. The molecule has 2 aliphatic heterocycles.